The van der Waals surface area contributed by atoms with E-state index in [1.165, 1.54) is 11.3 Å². The van der Waals surface area contributed by atoms with Gasteiger partial charge in [0.15, 0.2) is 5.13 Å². The highest BCUT2D eigenvalue weighted by Crippen LogP contribution is 2.35. The van der Waals surface area contributed by atoms with Crippen LogP contribution in [-0.2, 0) is 11.2 Å². The number of para-hydroxylation sites is 2. The Bertz CT molecular complexity index is 1120. The van der Waals surface area contributed by atoms with E-state index in [9.17, 15) is 4.79 Å². The Kier molecular flexibility index (Phi) is 5.44. The van der Waals surface area contributed by atoms with Crippen LogP contribution in [0.3, 0.4) is 0 Å². The molecule has 0 unspecified atom stereocenters. The lowest BCUT2D eigenvalue weighted by Gasteiger charge is -2.08. The summed E-state index contributed by atoms with van der Waals surface area (Å²) >= 11 is 1.37. The molecule has 8 heteroatoms. The molecule has 2 heterocycles. The van der Waals surface area contributed by atoms with Crippen molar-refractivity contribution >= 4 is 33.4 Å². The number of carbonyl (C=O) groups excluding carboxylic acids is 1. The molecule has 0 saturated carbocycles. The summed E-state index contributed by atoms with van der Waals surface area (Å²) in [4.78, 5) is 24.6. The molecule has 0 atom stereocenters. The molecule has 7 nitrogen and oxygen atoms in total. The molecular formula is C21H20N4O3S. The van der Waals surface area contributed by atoms with Crippen LogP contribution in [0.5, 0.6) is 11.5 Å². The van der Waals surface area contributed by atoms with Crippen LogP contribution in [-0.4, -0.2) is 35.1 Å². The maximum Gasteiger partial charge on any atom is 0.226 e. The maximum absolute atomic E-state index is 12.3. The summed E-state index contributed by atoms with van der Waals surface area (Å²) in [6, 6.07) is 13.3. The largest absolute Gasteiger partial charge is 0.497 e. The van der Waals surface area contributed by atoms with E-state index in [1.54, 1.807) is 14.2 Å². The highest BCUT2D eigenvalue weighted by molar-refractivity contribution is 7.14. The number of rotatable bonds is 7. The molecule has 29 heavy (non-hydrogen) atoms. The van der Waals surface area contributed by atoms with Gasteiger partial charge in [-0.1, -0.05) is 12.1 Å². The quantitative estimate of drug-likeness (QED) is 0.477. The molecule has 0 spiro atoms. The number of aryl methyl sites for hydroxylation is 1. The molecular weight excluding hydrogens is 388 g/mol. The molecule has 0 radical (unpaired) electrons. The first-order chi connectivity index (χ1) is 14.2. The van der Waals surface area contributed by atoms with Crippen LogP contribution in [0, 0.1) is 0 Å². The van der Waals surface area contributed by atoms with E-state index in [4.69, 9.17) is 9.47 Å². The second-order valence-corrected chi connectivity index (χ2v) is 7.21. The molecule has 4 aromatic rings. The molecule has 0 bridgehead atoms. The average Bonchev–Trinajstić information content (AvgIpc) is 3.38. The molecule has 0 saturated heterocycles. The number of aromatic amines is 1. The van der Waals surface area contributed by atoms with E-state index in [0.29, 0.717) is 29.5 Å². The third kappa shape index (κ3) is 4.22. The lowest BCUT2D eigenvalue weighted by atomic mass is 10.1. The zero-order chi connectivity index (χ0) is 20.2. The number of thiazole rings is 1. The Balaban J connectivity index is 1.41. The van der Waals surface area contributed by atoms with E-state index in [1.807, 2.05) is 47.8 Å². The number of amides is 1. The highest BCUT2D eigenvalue weighted by atomic mass is 32.1. The second kappa shape index (κ2) is 8.32. The fraction of sp³-hybridized carbons (Fsp3) is 0.190. The number of hydrogen-bond acceptors (Lipinski definition) is 6. The molecule has 0 aliphatic rings. The van der Waals surface area contributed by atoms with E-state index in [0.717, 1.165) is 28.1 Å². The third-order valence-electron chi connectivity index (χ3n) is 4.46. The number of anilines is 1. The van der Waals surface area contributed by atoms with E-state index in [2.05, 4.69) is 20.3 Å². The van der Waals surface area contributed by atoms with E-state index < -0.39 is 0 Å². The molecule has 1 amide bonds. The standard InChI is InChI=1S/C21H20N4O3S/c1-27-13-7-8-18(28-2)14(11-13)17-12-29-21(24-17)25-20(26)10-9-19-22-15-5-3-4-6-16(15)23-19/h3-8,11-12H,9-10H2,1-2H3,(H,22,23)(H,24,25,26). The van der Waals surface area contributed by atoms with Gasteiger partial charge in [0.25, 0.3) is 0 Å². The summed E-state index contributed by atoms with van der Waals surface area (Å²) in [7, 11) is 3.22. The number of H-pyrrole nitrogens is 1. The van der Waals surface area contributed by atoms with Crippen LogP contribution in [0.25, 0.3) is 22.3 Å². The fourth-order valence-corrected chi connectivity index (χ4v) is 3.73. The Morgan fingerprint density at radius 2 is 2.00 bits per heavy atom. The van der Waals surface area contributed by atoms with Gasteiger partial charge in [0.1, 0.15) is 17.3 Å². The third-order valence-corrected chi connectivity index (χ3v) is 5.22. The second-order valence-electron chi connectivity index (χ2n) is 6.35. The predicted molar refractivity (Wildman–Crippen MR) is 114 cm³/mol. The fourth-order valence-electron chi connectivity index (χ4n) is 3.01. The lowest BCUT2D eigenvalue weighted by molar-refractivity contribution is -0.116. The topological polar surface area (TPSA) is 89.1 Å². The lowest BCUT2D eigenvalue weighted by Crippen LogP contribution is -2.12. The van der Waals surface area contributed by atoms with Gasteiger partial charge in [-0.25, -0.2) is 9.97 Å². The number of ether oxygens (including phenoxy) is 2. The van der Waals surface area contributed by atoms with Gasteiger partial charge in [-0.2, -0.15) is 0 Å². The van der Waals surface area contributed by atoms with Crippen molar-refractivity contribution in [3.8, 4) is 22.8 Å². The van der Waals surface area contributed by atoms with Gasteiger partial charge < -0.3 is 19.8 Å². The van der Waals surface area contributed by atoms with Gasteiger partial charge in [0.2, 0.25) is 5.91 Å². The van der Waals surface area contributed by atoms with Gasteiger partial charge in [-0.3, -0.25) is 4.79 Å². The summed E-state index contributed by atoms with van der Waals surface area (Å²) in [6.45, 7) is 0. The maximum atomic E-state index is 12.3. The number of fused-ring (bicyclic) bond motifs is 1. The van der Waals surface area contributed by atoms with Crippen molar-refractivity contribution < 1.29 is 14.3 Å². The number of aromatic nitrogens is 3. The van der Waals surface area contributed by atoms with Crippen molar-refractivity contribution in [3.05, 3.63) is 53.7 Å². The molecule has 2 aromatic heterocycles. The van der Waals surface area contributed by atoms with Crippen molar-refractivity contribution in [2.75, 3.05) is 19.5 Å². The van der Waals surface area contributed by atoms with Crippen LogP contribution < -0.4 is 14.8 Å². The number of methoxy groups -OCH3 is 2. The van der Waals surface area contributed by atoms with Crippen LogP contribution in [0.15, 0.2) is 47.8 Å². The van der Waals surface area contributed by atoms with Gasteiger partial charge in [-0.15, -0.1) is 11.3 Å². The number of nitrogens with zero attached hydrogens (tertiary/aromatic N) is 2. The van der Waals surface area contributed by atoms with Gasteiger partial charge in [0, 0.05) is 23.8 Å². The van der Waals surface area contributed by atoms with Crippen molar-refractivity contribution in [1.29, 1.82) is 0 Å². The number of hydrogen-bond donors (Lipinski definition) is 2. The van der Waals surface area contributed by atoms with E-state index >= 15 is 0 Å². The number of imidazole rings is 1. The van der Waals surface area contributed by atoms with Gasteiger partial charge in [0.05, 0.1) is 30.9 Å². The molecule has 0 aliphatic carbocycles. The first-order valence-corrected chi connectivity index (χ1v) is 9.95. The SMILES string of the molecule is COc1ccc(OC)c(-c2csc(NC(=O)CCc3nc4ccccc4[nH]3)n2)c1. The molecule has 148 valence electrons. The number of benzene rings is 2. The first kappa shape index (κ1) is 18.9. The van der Waals surface area contributed by atoms with Gasteiger partial charge in [-0.05, 0) is 30.3 Å². The minimum absolute atomic E-state index is 0.107. The minimum Gasteiger partial charge on any atom is -0.497 e. The molecule has 2 N–H and O–H groups in total. The zero-order valence-electron chi connectivity index (χ0n) is 16.1. The summed E-state index contributed by atoms with van der Waals surface area (Å²) in [6.07, 6.45) is 0.847. The Morgan fingerprint density at radius 3 is 2.79 bits per heavy atom. The van der Waals surface area contributed by atoms with Crippen molar-refractivity contribution in [2.45, 2.75) is 12.8 Å². The van der Waals surface area contributed by atoms with Crippen molar-refractivity contribution in [1.82, 2.24) is 15.0 Å². The van der Waals surface area contributed by atoms with Crippen molar-refractivity contribution in [2.24, 2.45) is 0 Å². The van der Waals surface area contributed by atoms with E-state index in [-0.39, 0.29) is 5.91 Å². The highest BCUT2D eigenvalue weighted by Gasteiger charge is 2.13. The Morgan fingerprint density at radius 1 is 1.14 bits per heavy atom. The van der Waals surface area contributed by atoms with Crippen molar-refractivity contribution in [3.63, 3.8) is 0 Å². The summed E-state index contributed by atoms with van der Waals surface area (Å²) in [5, 5.41) is 5.28. The normalized spacial score (nSPS) is 10.8. The average molecular weight is 408 g/mol. The van der Waals surface area contributed by atoms with Crippen LogP contribution in [0.1, 0.15) is 12.2 Å². The summed E-state index contributed by atoms with van der Waals surface area (Å²) in [5.41, 5.74) is 3.41. The van der Waals surface area contributed by atoms with Crippen LogP contribution in [0.4, 0.5) is 5.13 Å². The first-order valence-electron chi connectivity index (χ1n) is 9.07. The predicted octanol–water partition coefficient (Wildman–Crippen LogP) is 4.27. The smallest absolute Gasteiger partial charge is 0.226 e. The molecule has 0 aliphatic heterocycles. The van der Waals surface area contributed by atoms with Crippen LogP contribution >= 0.6 is 11.3 Å². The Hall–Kier alpha value is -3.39. The Labute approximate surface area is 171 Å². The van der Waals surface area contributed by atoms with Crippen LogP contribution in [0.2, 0.25) is 0 Å². The number of carbonyl (C=O) groups is 1. The summed E-state index contributed by atoms with van der Waals surface area (Å²) < 4.78 is 10.7. The minimum atomic E-state index is -0.107. The van der Waals surface area contributed by atoms with Gasteiger partial charge >= 0.3 is 0 Å². The molecule has 2 aromatic carbocycles. The monoisotopic (exact) mass is 408 g/mol. The summed E-state index contributed by atoms with van der Waals surface area (Å²) in [5.74, 6) is 2.09. The number of nitrogens with one attached hydrogen (secondary N) is 2. The zero-order valence-corrected chi connectivity index (χ0v) is 16.9. The molecule has 0 fully saturated rings. The molecule has 4 rings (SSSR count).